The third kappa shape index (κ3) is 3.63. The van der Waals surface area contributed by atoms with Crippen LogP contribution in [0.1, 0.15) is 9.67 Å². The second-order valence-electron chi connectivity index (χ2n) is 3.73. The fourth-order valence-corrected chi connectivity index (χ4v) is 3.92. The molecule has 0 bridgehead atoms. The molecule has 7 heteroatoms. The second kappa shape index (κ2) is 7.06. The molecule has 0 aliphatic carbocycles. The van der Waals surface area contributed by atoms with Crippen molar-refractivity contribution in [3.8, 4) is 11.5 Å². The molecule has 0 N–H and O–H groups in total. The summed E-state index contributed by atoms with van der Waals surface area (Å²) >= 11 is 11.5. The first-order chi connectivity index (χ1) is 9.52. The van der Waals surface area contributed by atoms with Crippen LogP contribution in [-0.4, -0.2) is 19.5 Å². The first-order valence-electron chi connectivity index (χ1n) is 5.45. The van der Waals surface area contributed by atoms with E-state index >= 15 is 0 Å². The molecule has 2 rings (SSSR count). The van der Waals surface area contributed by atoms with Gasteiger partial charge in [0.25, 0.3) is 0 Å². The van der Waals surface area contributed by atoms with Crippen LogP contribution in [0.4, 0.5) is 0 Å². The molecule has 0 saturated carbocycles. The summed E-state index contributed by atoms with van der Waals surface area (Å²) in [4.78, 5) is 12.7. The van der Waals surface area contributed by atoms with E-state index in [1.165, 1.54) is 11.3 Å². The lowest BCUT2D eigenvalue weighted by Crippen LogP contribution is -2.11. The van der Waals surface area contributed by atoms with Crippen LogP contribution < -0.4 is 9.47 Å². The van der Waals surface area contributed by atoms with E-state index in [-0.39, 0.29) is 12.4 Å². The largest absolute Gasteiger partial charge is 0.496 e. The van der Waals surface area contributed by atoms with Gasteiger partial charge in [-0.05, 0) is 71.4 Å². The van der Waals surface area contributed by atoms with Crippen LogP contribution >= 0.6 is 59.1 Å². The first-order valence-corrected chi connectivity index (χ1v) is 8.70. The van der Waals surface area contributed by atoms with E-state index in [4.69, 9.17) is 9.47 Å². The zero-order valence-corrected chi connectivity index (χ0v) is 15.9. The topological polar surface area (TPSA) is 35.5 Å². The second-order valence-corrected chi connectivity index (χ2v) is 7.21. The van der Waals surface area contributed by atoms with Gasteiger partial charge in [-0.3, -0.25) is 4.79 Å². The zero-order valence-electron chi connectivity index (χ0n) is 10.3. The molecule has 106 valence electrons. The van der Waals surface area contributed by atoms with Gasteiger partial charge in [0.1, 0.15) is 11.5 Å². The Morgan fingerprint density at radius 1 is 1.15 bits per heavy atom. The molecule has 2 aromatic rings. The number of carbonyl (C=O) groups is 1. The molecule has 0 fully saturated rings. The van der Waals surface area contributed by atoms with Gasteiger partial charge in [0.05, 0.1) is 20.9 Å². The van der Waals surface area contributed by atoms with E-state index in [2.05, 4.69) is 47.8 Å². The Bertz CT molecular complexity index is 640. The molecule has 0 atom stereocenters. The minimum atomic E-state index is -0.0642. The van der Waals surface area contributed by atoms with Crippen LogP contribution in [0, 0.1) is 0 Å². The maximum atomic E-state index is 12.0. The van der Waals surface area contributed by atoms with Crippen molar-refractivity contribution < 1.29 is 14.3 Å². The summed E-state index contributed by atoms with van der Waals surface area (Å²) in [5, 5.41) is 1.86. The first kappa shape index (κ1) is 16.0. The molecule has 0 saturated heterocycles. The Balaban J connectivity index is 2.10. The number of rotatable bonds is 5. The summed E-state index contributed by atoms with van der Waals surface area (Å²) in [6, 6.07) is 5.39. The molecule has 0 spiro atoms. The summed E-state index contributed by atoms with van der Waals surface area (Å²) in [6.07, 6.45) is 0. The Hall–Kier alpha value is -0.370. The van der Waals surface area contributed by atoms with Crippen LogP contribution in [0.3, 0.4) is 0 Å². The lowest BCUT2D eigenvalue weighted by atomic mass is 10.3. The fraction of sp³-hybridized carbons (Fsp3) is 0.154. The molecule has 0 aliphatic rings. The van der Waals surface area contributed by atoms with Gasteiger partial charge in [-0.15, -0.1) is 11.3 Å². The molecule has 20 heavy (non-hydrogen) atoms. The molecule has 0 amide bonds. The van der Waals surface area contributed by atoms with E-state index in [0.717, 1.165) is 13.4 Å². The van der Waals surface area contributed by atoms with Gasteiger partial charge in [-0.2, -0.15) is 0 Å². The molecule has 0 radical (unpaired) electrons. The van der Waals surface area contributed by atoms with Gasteiger partial charge >= 0.3 is 0 Å². The van der Waals surface area contributed by atoms with E-state index in [1.54, 1.807) is 19.2 Å². The third-order valence-electron chi connectivity index (χ3n) is 2.44. The normalized spacial score (nSPS) is 10.4. The molecular weight excluding hydrogens is 476 g/mol. The van der Waals surface area contributed by atoms with Gasteiger partial charge in [-0.1, -0.05) is 0 Å². The predicted octanol–water partition coefficient (Wildman–Crippen LogP) is 5.31. The number of ketones is 1. The van der Waals surface area contributed by atoms with E-state index in [9.17, 15) is 4.79 Å². The van der Waals surface area contributed by atoms with Crippen LogP contribution in [-0.2, 0) is 0 Å². The summed E-state index contributed by atoms with van der Waals surface area (Å²) < 4.78 is 13.0. The maximum Gasteiger partial charge on any atom is 0.211 e. The highest BCUT2D eigenvalue weighted by atomic mass is 79.9. The van der Waals surface area contributed by atoms with Crippen molar-refractivity contribution in [1.29, 1.82) is 0 Å². The molecule has 1 aromatic carbocycles. The monoisotopic (exact) mass is 482 g/mol. The van der Waals surface area contributed by atoms with Gasteiger partial charge in [0.2, 0.25) is 5.78 Å². The summed E-state index contributed by atoms with van der Waals surface area (Å²) in [6.45, 7) is -0.0174. The molecule has 0 aliphatic heterocycles. The van der Waals surface area contributed by atoms with Crippen LogP contribution in [0.25, 0.3) is 0 Å². The number of Topliss-reactive ketones (excluding diaryl/α,β-unsaturated/α-hetero) is 1. The lowest BCUT2D eigenvalue weighted by Gasteiger charge is -2.10. The van der Waals surface area contributed by atoms with E-state index in [0.29, 0.717) is 16.4 Å². The highest BCUT2D eigenvalue weighted by Crippen LogP contribution is 2.36. The lowest BCUT2D eigenvalue weighted by molar-refractivity contribution is 0.0924. The average molecular weight is 485 g/mol. The number of hydrogen-bond donors (Lipinski definition) is 0. The number of carbonyl (C=O) groups excluding carboxylic acids is 1. The fourth-order valence-electron chi connectivity index (χ4n) is 1.48. The van der Waals surface area contributed by atoms with Crippen LogP contribution in [0.15, 0.2) is 37.0 Å². The summed E-state index contributed by atoms with van der Waals surface area (Å²) in [7, 11) is 1.59. The quantitative estimate of drug-likeness (QED) is 0.540. The minimum absolute atomic E-state index is 0.0174. The van der Waals surface area contributed by atoms with Gasteiger partial charge in [0.15, 0.2) is 6.61 Å². The summed E-state index contributed by atoms with van der Waals surface area (Å²) in [5.74, 6) is 1.21. The Kier molecular flexibility index (Phi) is 5.65. The molecule has 0 unspecified atom stereocenters. The Labute approximate surface area is 145 Å². The van der Waals surface area contributed by atoms with Crippen molar-refractivity contribution in [3.63, 3.8) is 0 Å². The highest BCUT2D eigenvalue weighted by molar-refractivity contribution is 9.11. The molecule has 3 nitrogen and oxygen atoms in total. The van der Waals surface area contributed by atoms with Gasteiger partial charge < -0.3 is 9.47 Å². The Morgan fingerprint density at radius 2 is 1.80 bits per heavy atom. The number of ether oxygens (including phenoxy) is 2. The smallest absolute Gasteiger partial charge is 0.211 e. The van der Waals surface area contributed by atoms with Crippen LogP contribution in [0.2, 0.25) is 0 Å². The Morgan fingerprint density at radius 3 is 2.40 bits per heavy atom. The number of thiophene rings is 1. The van der Waals surface area contributed by atoms with E-state index in [1.807, 2.05) is 11.4 Å². The zero-order chi connectivity index (χ0) is 14.7. The standard InChI is InChI=1S/C13H9Br3O3S/c1-18-11-4-9(16)12(5-8(11)15)19-6-10(17)13-7(14)2-3-20-13/h2-5H,6H2,1H3. The average Bonchev–Trinajstić information content (AvgIpc) is 2.85. The third-order valence-corrected chi connectivity index (χ3v) is 5.55. The van der Waals surface area contributed by atoms with Crippen molar-refractivity contribution in [2.24, 2.45) is 0 Å². The van der Waals surface area contributed by atoms with Crippen molar-refractivity contribution in [1.82, 2.24) is 0 Å². The van der Waals surface area contributed by atoms with E-state index < -0.39 is 0 Å². The minimum Gasteiger partial charge on any atom is -0.496 e. The van der Waals surface area contributed by atoms with Crippen molar-refractivity contribution >= 4 is 64.9 Å². The van der Waals surface area contributed by atoms with Crippen LogP contribution in [0.5, 0.6) is 11.5 Å². The molecule has 1 heterocycles. The summed E-state index contributed by atoms with van der Waals surface area (Å²) in [5.41, 5.74) is 0. The van der Waals surface area contributed by atoms with Crippen molar-refractivity contribution in [2.75, 3.05) is 13.7 Å². The van der Waals surface area contributed by atoms with Gasteiger partial charge in [-0.25, -0.2) is 0 Å². The predicted molar refractivity (Wildman–Crippen MR) is 90.2 cm³/mol. The van der Waals surface area contributed by atoms with Gasteiger partial charge in [0, 0.05) is 4.47 Å². The van der Waals surface area contributed by atoms with Crippen molar-refractivity contribution in [3.05, 3.63) is 41.9 Å². The van der Waals surface area contributed by atoms with Crippen molar-refractivity contribution in [2.45, 2.75) is 0 Å². The maximum absolute atomic E-state index is 12.0. The molecule has 1 aromatic heterocycles. The number of benzene rings is 1. The number of hydrogen-bond acceptors (Lipinski definition) is 4. The highest BCUT2D eigenvalue weighted by Gasteiger charge is 2.14. The molecular formula is C13H9Br3O3S. The SMILES string of the molecule is COc1cc(Br)c(OCC(=O)c2sccc2Br)cc1Br. The number of methoxy groups -OCH3 is 1. The number of halogens is 3.